The molecule has 0 spiro atoms. The Kier molecular flexibility index (Phi) is 4.37. The standard InChI is InChI=1S/C14H21N3O2/c1-3-16(9-11-7-8-11)10-12-5-4-6-13(17(18)19)14(12)15-2/h4-6,11,15H,3,7-10H2,1-2H3. The van der Waals surface area contributed by atoms with Crippen molar-refractivity contribution in [1.82, 2.24) is 4.90 Å². The first-order valence-electron chi connectivity index (χ1n) is 6.82. The molecule has 0 saturated heterocycles. The van der Waals surface area contributed by atoms with Gasteiger partial charge in [-0.05, 0) is 30.9 Å². The average molecular weight is 263 g/mol. The van der Waals surface area contributed by atoms with Crippen molar-refractivity contribution in [1.29, 1.82) is 0 Å². The van der Waals surface area contributed by atoms with Gasteiger partial charge < -0.3 is 5.32 Å². The van der Waals surface area contributed by atoms with Crippen LogP contribution in [-0.2, 0) is 6.54 Å². The lowest BCUT2D eigenvalue weighted by atomic mass is 10.1. The van der Waals surface area contributed by atoms with E-state index in [0.29, 0.717) is 5.69 Å². The van der Waals surface area contributed by atoms with Gasteiger partial charge in [0.1, 0.15) is 5.69 Å². The van der Waals surface area contributed by atoms with Gasteiger partial charge in [-0.1, -0.05) is 19.1 Å². The highest BCUT2D eigenvalue weighted by molar-refractivity contribution is 5.66. The third kappa shape index (κ3) is 3.44. The van der Waals surface area contributed by atoms with Crippen LogP contribution < -0.4 is 5.32 Å². The summed E-state index contributed by atoms with van der Waals surface area (Å²) in [6.07, 6.45) is 2.65. The maximum atomic E-state index is 11.0. The lowest BCUT2D eigenvalue weighted by molar-refractivity contribution is -0.384. The molecule has 1 aliphatic carbocycles. The van der Waals surface area contributed by atoms with Gasteiger partial charge in [0.2, 0.25) is 0 Å². The van der Waals surface area contributed by atoms with Crippen LogP contribution in [-0.4, -0.2) is 30.0 Å². The largest absolute Gasteiger partial charge is 0.382 e. The molecular formula is C14H21N3O2. The lowest BCUT2D eigenvalue weighted by Gasteiger charge is -2.21. The molecule has 5 nitrogen and oxygen atoms in total. The summed E-state index contributed by atoms with van der Waals surface area (Å²) in [5.41, 5.74) is 1.79. The van der Waals surface area contributed by atoms with Crippen LogP contribution in [0.1, 0.15) is 25.3 Å². The maximum absolute atomic E-state index is 11.0. The highest BCUT2D eigenvalue weighted by Gasteiger charge is 2.24. The van der Waals surface area contributed by atoms with Gasteiger partial charge in [0.25, 0.3) is 5.69 Å². The van der Waals surface area contributed by atoms with E-state index in [4.69, 9.17) is 0 Å². The van der Waals surface area contributed by atoms with Crippen molar-refractivity contribution in [2.24, 2.45) is 5.92 Å². The molecule has 1 saturated carbocycles. The number of nitrogens with zero attached hydrogens (tertiary/aromatic N) is 2. The third-order valence-corrected chi connectivity index (χ3v) is 3.63. The molecule has 5 heteroatoms. The Morgan fingerprint density at radius 2 is 2.21 bits per heavy atom. The predicted molar refractivity (Wildman–Crippen MR) is 76.3 cm³/mol. The Bertz CT molecular complexity index is 458. The number of hydrogen-bond donors (Lipinski definition) is 1. The summed E-state index contributed by atoms with van der Waals surface area (Å²) >= 11 is 0. The van der Waals surface area contributed by atoms with Crippen molar-refractivity contribution >= 4 is 11.4 Å². The number of nitro groups is 1. The first kappa shape index (κ1) is 13.8. The molecular weight excluding hydrogens is 242 g/mol. The van der Waals surface area contributed by atoms with Crippen molar-refractivity contribution in [3.63, 3.8) is 0 Å². The van der Waals surface area contributed by atoms with Crippen molar-refractivity contribution in [2.75, 3.05) is 25.5 Å². The van der Waals surface area contributed by atoms with E-state index in [9.17, 15) is 10.1 Å². The molecule has 1 N–H and O–H groups in total. The van der Waals surface area contributed by atoms with E-state index in [1.165, 1.54) is 12.8 Å². The van der Waals surface area contributed by atoms with Crippen molar-refractivity contribution in [3.05, 3.63) is 33.9 Å². The number of benzene rings is 1. The summed E-state index contributed by atoms with van der Waals surface area (Å²) in [6.45, 7) is 4.98. The Labute approximate surface area is 113 Å². The van der Waals surface area contributed by atoms with E-state index in [0.717, 1.165) is 31.1 Å². The van der Waals surface area contributed by atoms with Crippen molar-refractivity contribution < 1.29 is 4.92 Å². The highest BCUT2D eigenvalue weighted by atomic mass is 16.6. The van der Waals surface area contributed by atoms with E-state index < -0.39 is 0 Å². The van der Waals surface area contributed by atoms with Crippen LogP contribution in [0.5, 0.6) is 0 Å². The zero-order valence-electron chi connectivity index (χ0n) is 11.6. The van der Waals surface area contributed by atoms with Crippen molar-refractivity contribution in [2.45, 2.75) is 26.3 Å². The Morgan fingerprint density at radius 3 is 2.74 bits per heavy atom. The Balaban J connectivity index is 2.17. The monoisotopic (exact) mass is 263 g/mol. The minimum absolute atomic E-state index is 0.155. The summed E-state index contributed by atoms with van der Waals surface area (Å²) in [4.78, 5) is 13.1. The molecule has 0 heterocycles. The first-order chi connectivity index (χ1) is 9.15. The zero-order chi connectivity index (χ0) is 13.8. The quantitative estimate of drug-likeness (QED) is 0.607. The number of nitrogens with one attached hydrogen (secondary N) is 1. The fraction of sp³-hybridized carbons (Fsp3) is 0.571. The molecule has 19 heavy (non-hydrogen) atoms. The number of anilines is 1. The molecule has 0 bridgehead atoms. The molecule has 0 unspecified atom stereocenters. The van der Waals surface area contributed by atoms with Gasteiger partial charge in [-0.25, -0.2) is 0 Å². The third-order valence-electron chi connectivity index (χ3n) is 3.63. The summed E-state index contributed by atoms with van der Waals surface area (Å²) in [5.74, 6) is 0.830. The SMILES string of the molecule is CCN(Cc1cccc([N+](=O)[O-])c1NC)CC1CC1. The predicted octanol–water partition coefficient (Wildman–Crippen LogP) is 2.87. The fourth-order valence-corrected chi connectivity index (χ4v) is 2.37. The molecule has 0 atom stereocenters. The van der Waals surface area contributed by atoms with Crippen LogP contribution in [0.25, 0.3) is 0 Å². The van der Waals surface area contributed by atoms with Crippen LogP contribution >= 0.6 is 0 Å². The first-order valence-corrected chi connectivity index (χ1v) is 6.82. The summed E-state index contributed by atoms with van der Waals surface area (Å²) < 4.78 is 0. The van der Waals surface area contributed by atoms with Gasteiger partial charge in [0, 0.05) is 26.2 Å². The highest BCUT2D eigenvalue weighted by Crippen LogP contribution is 2.32. The second kappa shape index (κ2) is 6.02. The minimum atomic E-state index is -0.327. The van der Waals surface area contributed by atoms with Gasteiger partial charge in [0.05, 0.1) is 4.92 Å². The Hall–Kier alpha value is -1.62. The summed E-state index contributed by atoms with van der Waals surface area (Å²) in [6, 6.07) is 5.28. The number of hydrogen-bond acceptors (Lipinski definition) is 4. The molecule has 1 aromatic rings. The van der Waals surface area contributed by atoms with E-state index in [1.54, 1.807) is 19.2 Å². The van der Waals surface area contributed by atoms with Gasteiger partial charge in [-0.2, -0.15) is 0 Å². The van der Waals surface area contributed by atoms with Gasteiger partial charge in [0.15, 0.2) is 0 Å². The molecule has 0 radical (unpaired) electrons. The molecule has 0 amide bonds. The zero-order valence-corrected chi connectivity index (χ0v) is 11.6. The molecule has 0 aliphatic heterocycles. The van der Waals surface area contributed by atoms with E-state index >= 15 is 0 Å². The minimum Gasteiger partial charge on any atom is -0.382 e. The number of nitro benzene ring substituents is 1. The average Bonchev–Trinajstić information content (AvgIpc) is 3.21. The summed E-state index contributed by atoms with van der Waals surface area (Å²) in [7, 11) is 1.74. The molecule has 1 aromatic carbocycles. The topological polar surface area (TPSA) is 58.4 Å². The van der Waals surface area contributed by atoms with E-state index in [1.807, 2.05) is 6.07 Å². The van der Waals surface area contributed by atoms with Crippen molar-refractivity contribution in [3.8, 4) is 0 Å². The van der Waals surface area contributed by atoms with Crippen LogP contribution in [0.15, 0.2) is 18.2 Å². The fourth-order valence-electron chi connectivity index (χ4n) is 2.37. The molecule has 1 fully saturated rings. The van der Waals surface area contributed by atoms with E-state index in [-0.39, 0.29) is 10.6 Å². The molecule has 2 rings (SSSR count). The van der Waals surface area contributed by atoms with Crippen LogP contribution in [0.4, 0.5) is 11.4 Å². The summed E-state index contributed by atoms with van der Waals surface area (Å²) in [5, 5.41) is 14.0. The van der Waals surface area contributed by atoms with Gasteiger partial charge in [-0.15, -0.1) is 0 Å². The molecule has 104 valence electrons. The maximum Gasteiger partial charge on any atom is 0.292 e. The second-order valence-corrected chi connectivity index (χ2v) is 5.09. The van der Waals surface area contributed by atoms with Gasteiger partial charge >= 0.3 is 0 Å². The van der Waals surface area contributed by atoms with Crippen LogP contribution in [0.2, 0.25) is 0 Å². The number of rotatable bonds is 7. The lowest BCUT2D eigenvalue weighted by Crippen LogP contribution is -2.25. The molecule has 1 aliphatic rings. The molecule has 0 aromatic heterocycles. The Morgan fingerprint density at radius 1 is 1.47 bits per heavy atom. The van der Waals surface area contributed by atoms with Crippen LogP contribution in [0, 0.1) is 16.0 Å². The smallest absolute Gasteiger partial charge is 0.292 e. The van der Waals surface area contributed by atoms with Gasteiger partial charge in [-0.3, -0.25) is 15.0 Å². The van der Waals surface area contributed by atoms with E-state index in [2.05, 4.69) is 17.1 Å². The normalized spacial score (nSPS) is 14.7. The number of para-hydroxylation sites is 1. The van der Waals surface area contributed by atoms with Crippen LogP contribution in [0.3, 0.4) is 0 Å². The second-order valence-electron chi connectivity index (χ2n) is 5.09.